The largest absolute Gasteiger partial charge is 0.396 e. The standard InChI is InChI=1S/C13H16Cl2N2O/c14-11-5-4-10(9-12(11)15)13-3-1-6-17(16-13)7-2-8-18/h4-5,9,18H,1-3,6-8H2. The Morgan fingerprint density at radius 3 is 2.83 bits per heavy atom. The van der Waals surface area contributed by atoms with Crippen LogP contribution in [0, 0.1) is 0 Å². The van der Waals surface area contributed by atoms with Crippen LogP contribution < -0.4 is 0 Å². The Morgan fingerprint density at radius 2 is 2.11 bits per heavy atom. The fourth-order valence-electron chi connectivity index (χ4n) is 1.99. The molecule has 1 N–H and O–H groups in total. The van der Waals surface area contributed by atoms with Crippen LogP contribution >= 0.6 is 23.2 Å². The molecule has 2 rings (SSSR count). The van der Waals surface area contributed by atoms with Gasteiger partial charge in [-0.15, -0.1) is 0 Å². The van der Waals surface area contributed by atoms with E-state index in [1.54, 1.807) is 6.07 Å². The number of halogens is 2. The molecule has 3 nitrogen and oxygen atoms in total. The van der Waals surface area contributed by atoms with E-state index in [-0.39, 0.29) is 6.61 Å². The van der Waals surface area contributed by atoms with Gasteiger partial charge in [0.25, 0.3) is 0 Å². The highest BCUT2D eigenvalue weighted by atomic mass is 35.5. The van der Waals surface area contributed by atoms with Gasteiger partial charge in [-0.2, -0.15) is 5.10 Å². The molecule has 0 amide bonds. The van der Waals surface area contributed by atoms with E-state index < -0.39 is 0 Å². The molecule has 0 saturated heterocycles. The minimum atomic E-state index is 0.203. The molecule has 0 fully saturated rings. The van der Waals surface area contributed by atoms with Crippen LogP contribution in [0.5, 0.6) is 0 Å². The number of nitrogens with zero attached hydrogens (tertiary/aromatic N) is 2. The molecule has 1 aliphatic heterocycles. The lowest BCUT2D eigenvalue weighted by atomic mass is 10.0. The summed E-state index contributed by atoms with van der Waals surface area (Å²) in [5, 5.41) is 16.6. The zero-order valence-corrected chi connectivity index (χ0v) is 11.6. The minimum absolute atomic E-state index is 0.203. The number of benzene rings is 1. The lowest BCUT2D eigenvalue weighted by Gasteiger charge is -2.25. The molecule has 18 heavy (non-hydrogen) atoms. The second-order valence-corrected chi connectivity index (χ2v) is 5.12. The number of aliphatic hydroxyl groups excluding tert-OH is 1. The molecular weight excluding hydrogens is 271 g/mol. The van der Waals surface area contributed by atoms with Crippen molar-refractivity contribution in [3.05, 3.63) is 33.8 Å². The van der Waals surface area contributed by atoms with Crippen molar-refractivity contribution in [3.63, 3.8) is 0 Å². The summed E-state index contributed by atoms with van der Waals surface area (Å²) in [7, 11) is 0. The summed E-state index contributed by atoms with van der Waals surface area (Å²) >= 11 is 11.9. The van der Waals surface area contributed by atoms with Gasteiger partial charge in [0.2, 0.25) is 0 Å². The van der Waals surface area contributed by atoms with Crippen LogP contribution in [0.15, 0.2) is 23.3 Å². The average molecular weight is 287 g/mol. The van der Waals surface area contributed by atoms with Crippen LogP contribution in [0.4, 0.5) is 0 Å². The fourth-order valence-corrected chi connectivity index (χ4v) is 2.29. The van der Waals surface area contributed by atoms with Gasteiger partial charge in [0.05, 0.1) is 15.8 Å². The number of hydrazone groups is 1. The Kier molecular flexibility index (Phi) is 4.87. The molecule has 1 aromatic rings. The lowest BCUT2D eigenvalue weighted by molar-refractivity contribution is 0.223. The summed E-state index contributed by atoms with van der Waals surface area (Å²) in [6.45, 7) is 1.94. The molecule has 0 spiro atoms. The van der Waals surface area contributed by atoms with E-state index in [4.69, 9.17) is 28.3 Å². The SMILES string of the molecule is OCCCN1CCCC(c2ccc(Cl)c(Cl)c2)=N1. The quantitative estimate of drug-likeness (QED) is 0.923. The van der Waals surface area contributed by atoms with Gasteiger partial charge in [-0.3, -0.25) is 5.01 Å². The van der Waals surface area contributed by atoms with Crippen molar-refractivity contribution in [1.82, 2.24) is 5.01 Å². The van der Waals surface area contributed by atoms with Crippen LogP contribution in [-0.4, -0.2) is 35.5 Å². The Bertz CT molecular complexity index is 449. The number of hydrogen-bond donors (Lipinski definition) is 1. The predicted molar refractivity (Wildman–Crippen MR) is 75.5 cm³/mol. The van der Waals surface area contributed by atoms with Gasteiger partial charge >= 0.3 is 0 Å². The van der Waals surface area contributed by atoms with Crippen LogP contribution in [0.2, 0.25) is 10.0 Å². The van der Waals surface area contributed by atoms with Gasteiger partial charge in [-0.25, -0.2) is 0 Å². The molecule has 1 aliphatic rings. The summed E-state index contributed by atoms with van der Waals surface area (Å²) in [5.41, 5.74) is 2.07. The van der Waals surface area contributed by atoms with Crippen LogP contribution in [0.1, 0.15) is 24.8 Å². The molecule has 98 valence electrons. The molecule has 1 heterocycles. The van der Waals surface area contributed by atoms with E-state index in [9.17, 15) is 0 Å². The predicted octanol–water partition coefficient (Wildman–Crippen LogP) is 3.18. The normalized spacial score (nSPS) is 15.7. The van der Waals surface area contributed by atoms with Crippen molar-refractivity contribution in [2.75, 3.05) is 19.7 Å². The fraction of sp³-hybridized carbons (Fsp3) is 0.462. The van der Waals surface area contributed by atoms with Crippen molar-refractivity contribution in [1.29, 1.82) is 0 Å². The summed E-state index contributed by atoms with van der Waals surface area (Å²) in [5.74, 6) is 0. The van der Waals surface area contributed by atoms with Crippen molar-refractivity contribution in [3.8, 4) is 0 Å². The Labute approximate surface area is 117 Å². The summed E-state index contributed by atoms with van der Waals surface area (Å²) in [4.78, 5) is 0. The smallest absolute Gasteiger partial charge is 0.0678 e. The average Bonchev–Trinajstić information content (AvgIpc) is 2.40. The zero-order valence-electron chi connectivity index (χ0n) is 10.1. The number of hydrogen-bond acceptors (Lipinski definition) is 3. The number of aliphatic hydroxyl groups is 1. The lowest BCUT2D eigenvalue weighted by Crippen LogP contribution is -2.27. The van der Waals surface area contributed by atoms with E-state index in [2.05, 4.69) is 5.10 Å². The van der Waals surface area contributed by atoms with E-state index in [0.717, 1.165) is 43.6 Å². The molecule has 0 atom stereocenters. The van der Waals surface area contributed by atoms with Gasteiger partial charge in [0.15, 0.2) is 0 Å². The molecule has 1 aromatic carbocycles. The topological polar surface area (TPSA) is 35.8 Å². The maximum atomic E-state index is 8.84. The summed E-state index contributed by atoms with van der Waals surface area (Å²) in [6, 6.07) is 5.61. The van der Waals surface area contributed by atoms with Gasteiger partial charge < -0.3 is 5.11 Å². The molecule has 5 heteroatoms. The van der Waals surface area contributed by atoms with E-state index in [0.29, 0.717) is 10.0 Å². The third-order valence-corrected chi connectivity index (χ3v) is 3.66. The Morgan fingerprint density at radius 1 is 1.28 bits per heavy atom. The highest BCUT2D eigenvalue weighted by Crippen LogP contribution is 2.24. The van der Waals surface area contributed by atoms with Gasteiger partial charge in [-0.1, -0.05) is 29.3 Å². The highest BCUT2D eigenvalue weighted by molar-refractivity contribution is 6.42. The Hall–Kier alpha value is -0.770. The maximum Gasteiger partial charge on any atom is 0.0678 e. The first kappa shape index (κ1) is 13.7. The van der Waals surface area contributed by atoms with E-state index in [1.807, 2.05) is 17.1 Å². The summed E-state index contributed by atoms with van der Waals surface area (Å²) < 4.78 is 0. The highest BCUT2D eigenvalue weighted by Gasteiger charge is 2.14. The summed E-state index contributed by atoms with van der Waals surface area (Å²) in [6.07, 6.45) is 2.77. The molecule has 0 aliphatic carbocycles. The van der Waals surface area contributed by atoms with Crippen LogP contribution in [0.25, 0.3) is 0 Å². The molecule has 0 unspecified atom stereocenters. The van der Waals surface area contributed by atoms with Gasteiger partial charge in [0.1, 0.15) is 0 Å². The molecule has 0 saturated carbocycles. The first-order chi connectivity index (χ1) is 8.70. The van der Waals surface area contributed by atoms with Crippen molar-refractivity contribution in [2.24, 2.45) is 5.10 Å². The minimum Gasteiger partial charge on any atom is -0.396 e. The second kappa shape index (κ2) is 6.41. The zero-order chi connectivity index (χ0) is 13.0. The van der Waals surface area contributed by atoms with Crippen molar-refractivity contribution in [2.45, 2.75) is 19.3 Å². The first-order valence-corrected chi connectivity index (χ1v) is 6.85. The van der Waals surface area contributed by atoms with E-state index in [1.165, 1.54) is 0 Å². The van der Waals surface area contributed by atoms with Gasteiger partial charge in [-0.05, 0) is 37.0 Å². The van der Waals surface area contributed by atoms with Gasteiger partial charge in [0, 0.05) is 19.7 Å². The third-order valence-electron chi connectivity index (χ3n) is 2.92. The van der Waals surface area contributed by atoms with E-state index >= 15 is 0 Å². The first-order valence-electron chi connectivity index (χ1n) is 6.09. The second-order valence-electron chi connectivity index (χ2n) is 4.31. The molecule has 0 bridgehead atoms. The Balaban J connectivity index is 2.15. The van der Waals surface area contributed by atoms with Crippen molar-refractivity contribution >= 4 is 28.9 Å². The third kappa shape index (κ3) is 3.37. The van der Waals surface area contributed by atoms with Crippen LogP contribution in [0.3, 0.4) is 0 Å². The molecule has 0 aromatic heterocycles. The van der Waals surface area contributed by atoms with Crippen LogP contribution in [-0.2, 0) is 0 Å². The number of rotatable bonds is 4. The monoisotopic (exact) mass is 286 g/mol. The van der Waals surface area contributed by atoms with Crippen molar-refractivity contribution < 1.29 is 5.11 Å². The maximum absolute atomic E-state index is 8.84. The molecule has 0 radical (unpaired) electrons. The molecular formula is C13H16Cl2N2O.